The number of rotatable bonds is 6. The lowest BCUT2D eigenvalue weighted by molar-refractivity contribution is 0.0348. The Morgan fingerprint density at radius 3 is 2.83 bits per heavy atom. The van der Waals surface area contributed by atoms with E-state index in [2.05, 4.69) is 15.5 Å². The van der Waals surface area contributed by atoms with E-state index in [1.165, 1.54) is 17.3 Å². The van der Waals surface area contributed by atoms with Crippen molar-refractivity contribution in [3.8, 4) is 0 Å². The number of hydrogen-bond donors (Lipinski definition) is 1. The van der Waals surface area contributed by atoms with Crippen molar-refractivity contribution in [2.45, 2.75) is 18.6 Å². The van der Waals surface area contributed by atoms with Gasteiger partial charge in [-0.1, -0.05) is 30.3 Å². The molecule has 23 heavy (non-hydrogen) atoms. The van der Waals surface area contributed by atoms with Crippen LogP contribution in [0.25, 0.3) is 0 Å². The van der Waals surface area contributed by atoms with Gasteiger partial charge in [0.15, 0.2) is 11.8 Å². The first-order valence-electron chi connectivity index (χ1n) is 6.91. The van der Waals surface area contributed by atoms with Gasteiger partial charge in [-0.3, -0.25) is 0 Å². The first kappa shape index (κ1) is 14.8. The average molecular weight is 317 g/mol. The molecule has 0 saturated carbocycles. The predicted molar refractivity (Wildman–Crippen MR) is 76.6 cm³/mol. The van der Waals surface area contributed by atoms with Gasteiger partial charge in [-0.2, -0.15) is 0 Å². The smallest absolute Gasteiger partial charge is 0.404 e. The molecule has 0 bridgehead atoms. The summed E-state index contributed by atoms with van der Waals surface area (Å²) >= 11 is 0. The van der Waals surface area contributed by atoms with E-state index in [1.807, 2.05) is 30.3 Å². The van der Waals surface area contributed by atoms with Gasteiger partial charge in [0.1, 0.15) is 18.7 Å². The average Bonchev–Trinajstić information content (AvgIpc) is 3.22. The van der Waals surface area contributed by atoms with E-state index >= 15 is 0 Å². The van der Waals surface area contributed by atoms with Gasteiger partial charge in [0.05, 0.1) is 0 Å². The lowest BCUT2D eigenvalue weighted by Crippen LogP contribution is -2.35. The Hall–Kier alpha value is -3.10. The molecule has 2 aromatic rings. The Balaban J connectivity index is 1.91. The third-order valence-electron chi connectivity index (χ3n) is 3.33. The first-order chi connectivity index (χ1) is 11.2. The third kappa shape index (κ3) is 3.57. The van der Waals surface area contributed by atoms with Crippen LogP contribution in [0.1, 0.15) is 11.6 Å². The van der Waals surface area contributed by atoms with Crippen molar-refractivity contribution in [2.24, 2.45) is 5.73 Å². The SMILES string of the molecule is NC(=O)OC(Cc1ccccc1)C(C1=COCO1)n1cnnn1. The monoisotopic (exact) mass is 317 g/mol. The Bertz CT molecular complexity index is 674. The summed E-state index contributed by atoms with van der Waals surface area (Å²) in [6.45, 7) is 0.0859. The van der Waals surface area contributed by atoms with Crippen molar-refractivity contribution in [1.82, 2.24) is 20.2 Å². The van der Waals surface area contributed by atoms with Crippen molar-refractivity contribution < 1.29 is 19.0 Å². The van der Waals surface area contributed by atoms with Crippen molar-refractivity contribution in [3.05, 3.63) is 54.2 Å². The Morgan fingerprint density at radius 2 is 2.22 bits per heavy atom. The van der Waals surface area contributed by atoms with Gasteiger partial charge in [0.25, 0.3) is 0 Å². The number of tetrazole rings is 1. The van der Waals surface area contributed by atoms with Crippen LogP contribution in [-0.4, -0.2) is 39.2 Å². The van der Waals surface area contributed by atoms with E-state index in [1.54, 1.807) is 0 Å². The van der Waals surface area contributed by atoms with Gasteiger partial charge in [0.2, 0.25) is 6.79 Å². The summed E-state index contributed by atoms with van der Waals surface area (Å²) in [5, 5.41) is 11.1. The fourth-order valence-corrected chi connectivity index (χ4v) is 2.40. The normalized spacial score (nSPS) is 15.9. The highest BCUT2D eigenvalue weighted by Crippen LogP contribution is 2.29. The van der Waals surface area contributed by atoms with Crippen LogP contribution in [0, 0.1) is 0 Å². The topological polar surface area (TPSA) is 114 Å². The molecule has 0 radical (unpaired) electrons. The second-order valence-corrected chi connectivity index (χ2v) is 4.85. The molecule has 2 N–H and O–H groups in total. The zero-order chi connectivity index (χ0) is 16.1. The first-order valence-corrected chi connectivity index (χ1v) is 6.91. The van der Waals surface area contributed by atoms with Crippen LogP contribution < -0.4 is 5.73 Å². The number of amides is 1. The van der Waals surface area contributed by atoms with Crippen molar-refractivity contribution >= 4 is 6.09 Å². The molecule has 2 heterocycles. The van der Waals surface area contributed by atoms with Crippen molar-refractivity contribution in [1.29, 1.82) is 0 Å². The molecule has 1 aliphatic rings. The highest BCUT2D eigenvalue weighted by molar-refractivity contribution is 5.65. The highest BCUT2D eigenvalue weighted by Gasteiger charge is 2.34. The second-order valence-electron chi connectivity index (χ2n) is 4.85. The molecule has 0 fully saturated rings. The number of benzene rings is 1. The summed E-state index contributed by atoms with van der Waals surface area (Å²) < 4.78 is 17.3. The summed E-state index contributed by atoms with van der Waals surface area (Å²) in [6.07, 6.45) is 1.73. The van der Waals surface area contributed by atoms with E-state index in [0.29, 0.717) is 12.2 Å². The Labute approximate surface area is 131 Å². The minimum Gasteiger partial charge on any atom is -0.462 e. The summed E-state index contributed by atoms with van der Waals surface area (Å²) in [6, 6.07) is 8.97. The van der Waals surface area contributed by atoms with Gasteiger partial charge in [-0.15, -0.1) is 5.10 Å². The van der Waals surface area contributed by atoms with E-state index < -0.39 is 18.2 Å². The molecule has 0 aliphatic carbocycles. The molecule has 1 aromatic heterocycles. The van der Waals surface area contributed by atoms with Crippen LogP contribution in [0.2, 0.25) is 0 Å². The lowest BCUT2D eigenvalue weighted by atomic mass is 10.0. The number of nitrogens with zero attached hydrogens (tertiary/aromatic N) is 4. The van der Waals surface area contributed by atoms with Gasteiger partial charge in [0, 0.05) is 6.42 Å². The number of carbonyl (C=O) groups excluding carboxylic acids is 1. The van der Waals surface area contributed by atoms with Gasteiger partial charge < -0.3 is 19.9 Å². The summed E-state index contributed by atoms with van der Waals surface area (Å²) in [5.41, 5.74) is 6.19. The number of hydrogen-bond acceptors (Lipinski definition) is 7. The summed E-state index contributed by atoms with van der Waals surface area (Å²) in [7, 11) is 0. The Morgan fingerprint density at radius 1 is 1.39 bits per heavy atom. The van der Waals surface area contributed by atoms with Crippen LogP contribution in [0.3, 0.4) is 0 Å². The minimum atomic E-state index is -0.886. The highest BCUT2D eigenvalue weighted by atomic mass is 16.7. The molecule has 0 spiro atoms. The number of aromatic nitrogens is 4. The largest absolute Gasteiger partial charge is 0.462 e. The Kier molecular flexibility index (Phi) is 4.37. The maximum Gasteiger partial charge on any atom is 0.404 e. The summed E-state index contributed by atoms with van der Waals surface area (Å²) in [4.78, 5) is 11.3. The van der Waals surface area contributed by atoms with Crippen LogP contribution in [0.4, 0.5) is 4.79 Å². The maximum absolute atomic E-state index is 11.3. The molecule has 2 unspecified atom stereocenters. The fourth-order valence-electron chi connectivity index (χ4n) is 2.40. The standard InChI is InChI=1S/C14H15N5O4/c15-14(20)23-11(6-10-4-2-1-3-5-10)13(12-7-21-9-22-12)19-8-16-17-18-19/h1-5,7-8,11,13H,6,9H2,(H2,15,20). The molecule has 120 valence electrons. The zero-order valence-electron chi connectivity index (χ0n) is 12.1. The van der Waals surface area contributed by atoms with Gasteiger partial charge >= 0.3 is 6.09 Å². The predicted octanol–water partition coefficient (Wildman–Crippen LogP) is 0.766. The quantitative estimate of drug-likeness (QED) is 0.836. The second kappa shape index (κ2) is 6.77. The molecule has 9 nitrogen and oxygen atoms in total. The zero-order valence-corrected chi connectivity index (χ0v) is 12.1. The molecule has 3 rings (SSSR count). The molecule has 1 amide bonds. The molecule has 2 atom stereocenters. The molecular formula is C14H15N5O4. The number of ether oxygens (including phenoxy) is 3. The van der Waals surface area contributed by atoms with Gasteiger partial charge in [-0.05, 0) is 16.0 Å². The van der Waals surface area contributed by atoms with Crippen LogP contribution in [0.5, 0.6) is 0 Å². The summed E-state index contributed by atoms with van der Waals surface area (Å²) in [5.74, 6) is 0.458. The lowest BCUT2D eigenvalue weighted by Gasteiger charge is -2.25. The molecule has 1 aromatic carbocycles. The number of primary amides is 1. The van der Waals surface area contributed by atoms with Crippen molar-refractivity contribution in [3.63, 3.8) is 0 Å². The fraction of sp³-hybridized carbons (Fsp3) is 0.286. The van der Waals surface area contributed by atoms with E-state index in [9.17, 15) is 4.79 Å². The minimum absolute atomic E-state index is 0.0859. The van der Waals surface area contributed by atoms with E-state index in [-0.39, 0.29) is 6.79 Å². The number of nitrogens with two attached hydrogens (primary N) is 1. The maximum atomic E-state index is 11.3. The molecule has 1 aliphatic heterocycles. The third-order valence-corrected chi connectivity index (χ3v) is 3.33. The van der Waals surface area contributed by atoms with E-state index in [4.69, 9.17) is 19.9 Å². The van der Waals surface area contributed by atoms with Gasteiger partial charge in [-0.25, -0.2) is 9.48 Å². The molecular weight excluding hydrogens is 302 g/mol. The van der Waals surface area contributed by atoms with E-state index in [0.717, 1.165) is 5.56 Å². The van der Waals surface area contributed by atoms with Crippen LogP contribution in [-0.2, 0) is 20.6 Å². The number of carbonyl (C=O) groups is 1. The van der Waals surface area contributed by atoms with Crippen LogP contribution in [0.15, 0.2) is 48.7 Å². The van der Waals surface area contributed by atoms with Crippen molar-refractivity contribution in [2.75, 3.05) is 6.79 Å². The molecule has 0 saturated heterocycles. The molecule has 9 heteroatoms. The van der Waals surface area contributed by atoms with Crippen LogP contribution >= 0.6 is 0 Å².